The highest BCUT2D eigenvalue weighted by Gasteiger charge is 2.28. The van der Waals surface area contributed by atoms with E-state index in [9.17, 15) is 10.1 Å². The normalized spacial score (nSPS) is 24.1. The molecular formula is C12H16BrN3O2. The van der Waals surface area contributed by atoms with Gasteiger partial charge in [-0.2, -0.15) is 0 Å². The molecule has 1 aromatic carbocycles. The lowest BCUT2D eigenvalue weighted by Crippen LogP contribution is -2.54. The summed E-state index contributed by atoms with van der Waals surface area (Å²) in [7, 11) is 0. The maximum atomic E-state index is 11.1. The van der Waals surface area contributed by atoms with Gasteiger partial charge >= 0.3 is 0 Å². The van der Waals surface area contributed by atoms with E-state index in [-0.39, 0.29) is 16.7 Å². The predicted molar refractivity (Wildman–Crippen MR) is 75.1 cm³/mol. The van der Waals surface area contributed by atoms with Crippen LogP contribution in [0.1, 0.15) is 13.8 Å². The molecule has 98 valence electrons. The lowest BCUT2D eigenvalue weighted by Gasteiger charge is -2.38. The summed E-state index contributed by atoms with van der Waals surface area (Å²) in [6.07, 6.45) is 0. The largest absolute Gasteiger partial charge is 0.360 e. The van der Waals surface area contributed by atoms with Crippen LogP contribution in [0.25, 0.3) is 0 Å². The smallest absolute Gasteiger partial charge is 0.292 e. The van der Waals surface area contributed by atoms with E-state index in [0.717, 1.165) is 17.6 Å². The summed E-state index contributed by atoms with van der Waals surface area (Å²) in [6, 6.07) is 5.66. The number of nitrogens with zero attached hydrogens (tertiary/aromatic N) is 2. The van der Waals surface area contributed by atoms with Crippen LogP contribution in [-0.2, 0) is 0 Å². The molecular weight excluding hydrogens is 298 g/mol. The second-order valence-electron chi connectivity index (χ2n) is 4.70. The molecule has 1 aromatic rings. The van der Waals surface area contributed by atoms with Crippen molar-refractivity contribution in [1.82, 2.24) is 5.32 Å². The van der Waals surface area contributed by atoms with Gasteiger partial charge in [0.25, 0.3) is 5.69 Å². The van der Waals surface area contributed by atoms with E-state index in [4.69, 9.17) is 0 Å². The van der Waals surface area contributed by atoms with Gasteiger partial charge in [-0.05, 0) is 26.0 Å². The zero-order valence-electron chi connectivity index (χ0n) is 10.4. The van der Waals surface area contributed by atoms with Gasteiger partial charge in [-0.15, -0.1) is 0 Å². The van der Waals surface area contributed by atoms with E-state index in [1.807, 2.05) is 6.07 Å². The monoisotopic (exact) mass is 313 g/mol. The lowest BCUT2D eigenvalue weighted by atomic mass is 10.1. The Morgan fingerprint density at radius 2 is 2.22 bits per heavy atom. The van der Waals surface area contributed by atoms with Gasteiger partial charge < -0.3 is 10.2 Å². The third-order valence-corrected chi connectivity index (χ3v) is 3.70. The Morgan fingerprint density at radius 1 is 1.50 bits per heavy atom. The zero-order chi connectivity index (χ0) is 13.3. The van der Waals surface area contributed by atoms with E-state index in [2.05, 4.69) is 40.0 Å². The molecule has 0 aromatic heterocycles. The number of hydrogen-bond acceptors (Lipinski definition) is 4. The minimum Gasteiger partial charge on any atom is -0.360 e. The van der Waals surface area contributed by atoms with E-state index in [1.165, 1.54) is 0 Å². The van der Waals surface area contributed by atoms with E-state index >= 15 is 0 Å². The summed E-state index contributed by atoms with van der Waals surface area (Å²) >= 11 is 3.38. The van der Waals surface area contributed by atoms with E-state index < -0.39 is 0 Å². The highest BCUT2D eigenvalue weighted by molar-refractivity contribution is 9.10. The Morgan fingerprint density at radius 3 is 2.89 bits per heavy atom. The van der Waals surface area contributed by atoms with Crippen molar-refractivity contribution in [2.45, 2.75) is 25.9 Å². The average Bonchev–Trinajstić information content (AvgIpc) is 2.31. The van der Waals surface area contributed by atoms with Gasteiger partial charge in [0.15, 0.2) is 0 Å². The van der Waals surface area contributed by atoms with Crippen molar-refractivity contribution in [2.75, 3.05) is 18.0 Å². The van der Waals surface area contributed by atoms with Crippen molar-refractivity contribution in [2.24, 2.45) is 0 Å². The quantitative estimate of drug-likeness (QED) is 0.673. The Bertz CT molecular complexity index is 467. The first-order valence-electron chi connectivity index (χ1n) is 5.93. The molecule has 1 heterocycles. The van der Waals surface area contributed by atoms with Gasteiger partial charge in [0.1, 0.15) is 5.69 Å². The Hall–Kier alpha value is -1.14. The van der Waals surface area contributed by atoms with Crippen LogP contribution in [0, 0.1) is 10.1 Å². The van der Waals surface area contributed by atoms with Gasteiger partial charge in [0.05, 0.1) is 4.92 Å². The fourth-order valence-electron chi connectivity index (χ4n) is 2.24. The van der Waals surface area contributed by atoms with E-state index in [1.54, 1.807) is 12.1 Å². The van der Waals surface area contributed by atoms with Crippen LogP contribution in [-0.4, -0.2) is 30.1 Å². The Labute approximate surface area is 114 Å². The number of benzene rings is 1. The van der Waals surface area contributed by atoms with Crippen molar-refractivity contribution in [3.63, 3.8) is 0 Å². The van der Waals surface area contributed by atoms with Gasteiger partial charge in [-0.1, -0.05) is 15.9 Å². The number of nitrogens with one attached hydrogen (secondary N) is 1. The Kier molecular flexibility index (Phi) is 3.87. The molecule has 2 rings (SSSR count). The number of rotatable bonds is 2. The molecule has 2 unspecified atom stereocenters. The van der Waals surface area contributed by atoms with Gasteiger partial charge in [-0.25, -0.2) is 0 Å². The third kappa shape index (κ3) is 2.64. The molecule has 0 aliphatic carbocycles. The standard InChI is InChI=1S/C12H16BrN3O2/c1-8-7-15(9(2)6-14-8)12-5-10(13)3-4-11(12)16(17)18/h3-5,8-9,14H,6-7H2,1-2H3. The van der Waals surface area contributed by atoms with Crippen LogP contribution in [0.2, 0.25) is 0 Å². The summed E-state index contributed by atoms with van der Waals surface area (Å²) < 4.78 is 0.862. The van der Waals surface area contributed by atoms with Crippen molar-refractivity contribution < 1.29 is 4.92 Å². The SMILES string of the molecule is CC1CN(c2cc(Br)ccc2[N+](=O)[O-])C(C)CN1. The van der Waals surface area contributed by atoms with Crippen LogP contribution in [0.4, 0.5) is 11.4 Å². The molecule has 1 N–H and O–H groups in total. The summed E-state index contributed by atoms with van der Waals surface area (Å²) in [5, 5.41) is 14.5. The minimum atomic E-state index is -0.318. The van der Waals surface area contributed by atoms with Crippen molar-refractivity contribution >= 4 is 27.3 Å². The third-order valence-electron chi connectivity index (χ3n) is 3.21. The summed E-state index contributed by atoms with van der Waals surface area (Å²) in [5.41, 5.74) is 0.856. The molecule has 0 spiro atoms. The number of piperazine rings is 1. The van der Waals surface area contributed by atoms with Crippen LogP contribution in [0.15, 0.2) is 22.7 Å². The maximum absolute atomic E-state index is 11.1. The maximum Gasteiger partial charge on any atom is 0.292 e. The molecule has 6 heteroatoms. The van der Waals surface area contributed by atoms with Crippen molar-refractivity contribution in [1.29, 1.82) is 0 Å². The molecule has 1 saturated heterocycles. The van der Waals surface area contributed by atoms with Crippen LogP contribution in [0.3, 0.4) is 0 Å². The number of anilines is 1. The number of nitro groups is 1. The molecule has 1 aliphatic rings. The first-order chi connectivity index (χ1) is 8.49. The topological polar surface area (TPSA) is 58.4 Å². The molecule has 0 bridgehead atoms. The average molecular weight is 314 g/mol. The first-order valence-corrected chi connectivity index (χ1v) is 6.72. The second kappa shape index (κ2) is 5.24. The van der Waals surface area contributed by atoms with Gasteiger partial charge in [-0.3, -0.25) is 10.1 Å². The predicted octanol–water partition coefficient (Wildman–Crippen LogP) is 2.54. The summed E-state index contributed by atoms with van der Waals surface area (Å²) in [6.45, 7) is 5.77. The second-order valence-corrected chi connectivity index (χ2v) is 5.62. The van der Waals surface area contributed by atoms with Crippen LogP contribution >= 0.6 is 15.9 Å². The van der Waals surface area contributed by atoms with Gasteiger partial charge in [0, 0.05) is 35.7 Å². The molecule has 1 fully saturated rings. The van der Waals surface area contributed by atoms with Crippen molar-refractivity contribution in [3.05, 3.63) is 32.8 Å². The van der Waals surface area contributed by atoms with Crippen LogP contribution in [0.5, 0.6) is 0 Å². The fraction of sp³-hybridized carbons (Fsp3) is 0.500. The Balaban J connectivity index is 2.41. The van der Waals surface area contributed by atoms with E-state index in [0.29, 0.717) is 11.7 Å². The highest BCUT2D eigenvalue weighted by Crippen LogP contribution is 2.33. The van der Waals surface area contributed by atoms with Crippen molar-refractivity contribution in [3.8, 4) is 0 Å². The molecule has 5 nitrogen and oxygen atoms in total. The fourth-order valence-corrected chi connectivity index (χ4v) is 2.59. The number of halogens is 1. The first kappa shape index (κ1) is 13.3. The molecule has 0 radical (unpaired) electrons. The molecule has 18 heavy (non-hydrogen) atoms. The number of nitro benzene ring substituents is 1. The highest BCUT2D eigenvalue weighted by atomic mass is 79.9. The summed E-state index contributed by atoms with van der Waals surface area (Å²) in [4.78, 5) is 12.9. The lowest BCUT2D eigenvalue weighted by molar-refractivity contribution is -0.384. The molecule has 1 aliphatic heterocycles. The van der Waals surface area contributed by atoms with Gasteiger partial charge in [0.2, 0.25) is 0 Å². The van der Waals surface area contributed by atoms with Crippen LogP contribution < -0.4 is 10.2 Å². The number of hydrogen-bond donors (Lipinski definition) is 1. The zero-order valence-corrected chi connectivity index (χ0v) is 12.0. The molecule has 0 amide bonds. The molecule has 0 saturated carbocycles. The minimum absolute atomic E-state index is 0.166. The summed E-state index contributed by atoms with van der Waals surface area (Å²) in [5.74, 6) is 0. The molecule has 2 atom stereocenters.